The molecule has 1 heterocycles. The molecule has 142 valence electrons. The molecule has 1 unspecified atom stereocenters. The first kappa shape index (κ1) is 18.2. The second-order valence-electron chi connectivity index (χ2n) is 6.90. The Bertz CT molecular complexity index is 1010. The Labute approximate surface area is 163 Å². The Morgan fingerprint density at radius 3 is 2.50 bits per heavy atom. The first-order valence-corrected chi connectivity index (χ1v) is 9.46. The van der Waals surface area contributed by atoms with E-state index in [0.29, 0.717) is 18.5 Å². The fourth-order valence-electron chi connectivity index (χ4n) is 3.91. The molecule has 2 amide bonds. The van der Waals surface area contributed by atoms with E-state index in [9.17, 15) is 14.7 Å². The summed E-state index contributed by atoms with van der Waals surface area (Å²) in [7, 11) is 0. The third-order valence-electron chi connectivity index (χ3n) is 5.18. The van der Waals surface area contributed by atoms with Gasteiger partial charge in [-0.3, -0.25) is 9.59 Å². The molecule has 0 radical (unpaired) electrons. The summed E-state index contributed by atoms with van der Waals surface area (Å²) in [4.78, 5) is 27.6. The molecular formula is C23H22N2O3. The van der Waals surface area contributed by atoms with Crippen LogP contribution in [0.1, 0.15) is 27.5 Å². The molecule has 0 aliphatic carbocycles. The zero-order valence-electron chi connectivity index (χ0n) is 15.5. The van der Waals surface area contributed by atoms with Crippen molar-refractivity contribution in [3.8, 4) is 0 Å². The number of β-amino-alcohol motifs (C(OH)–C–C–N with tert-alkyl or cyclic N) is 1. The van der Waals surface area contributed by atoms with Crippen LogP contribution in [0.2, 0.25) is 0 Å². The molecule has 0 saturated carbocycles. The van der Waals surface area contributed by atoms with Crippen molar-refractivity contribution in [2.75, 3.05) is 19.7 Å². The van der Waals surface area contributed by atoms with Gasteiger partial charge in [0.15, 0.2) is 0 Å². The second-order valence-corrected chi connectivity index (χ2v) is 6.90. The monoisotopic (exact) mass is 374 g/mol. The summed E-state index contributed by atoms with van der Waals surface area (Å²) in [6, 6.07) is 20.5. The summed E-state index contributed by atoms with van der Waals surface area (Å²) in [5, 5.41) is 14.2. The van der Waals surface area contributed by atoms with Crippen LogP contribution in [0.4, 0.5) is 0 Å². The topological polar surface area (TPSA) is 69.6 Å². The summed E-state index contributed by atoms with van der Waals surface area (Å²) in [6.45, 7) is 0.399. The zero-order chi connectivity index (χ0) is 19.5. The molecule has 3 aromatic rings. The van der Waals surface area contributed by atoms with Gasteiger partial charge < -0.3 is 15.3 Å². The first-order chi connectivity index (χ1) is 13.7. The lowest BCUT2D eigenvalue weighted by atomic mass is 9.89. The Morgan fingerprint density at radius 1 is 1.00 bits per heavy atom. The minimum absolute atomic E-state index is 0.111. The maximum atomic E-state index is 13.1. The molecular weight excluding hydrogens is 352 g/mol. The molecule has 0 spiro atoms. The van der Waals surface area contributed by atoms with Gasteiger partial charge in [0.05, 0.1) is 6.61 Å². The van der Waals surface area contributed by atoms with E-state index >= 15 is 0 Å². The van der Waals surface area contributed by atoms with Crippen LogP contribution in [0.5, 0.6) is 0 Å². The number of carbonyl (C=O) groups is 2. The minimum atomic E-state index is -0.742. The van der Waals surface area contributed by atoms with Crippen molar-refractivity contribution in [3.63, 3.8) is 0 Å². The molecule has 0 saturated heterocycles. The number of nitrogens with one attached hydrogen (secondary N) is 1. The average molecular weight is 374 g/mol. The zero-order valence-corrected chi connectivity index (χ0v) is 15.5. The number of carbonyl (C=O) groups excluding carboxylic acids is 2. The molecule has 1 aliphatic heterocycles. The van der Waals surface area contributed by atoms with Crippen LogP contribution in [0.25, 0.3) is 10.8 Å². The van der Waals surface area contributed by atoms with E-state index in [2.05, 4.69) is 5.32 Å². The number of benzene rings is 3. The van der Waals surface area contributed by atoms with E-state index in [1.54, 1.807) is 6.07 Å². The maximum Gasteiger partial charge on any atom is 0.255 e. The standard InChI is InChI=1S/C23H22N2O3/c26-15-14-25-21(22(27)24-13-12-16-6-2-1-3-7-16)18-10-4-8-17-9-5-11-19(20(17)18)23(25)28/h1-11,21,26H,12-15H2,(H,24,27). The van der Waals surface area contributed by atoms with Crippen LogP contribution in [0.3, 0.4) is 0 Å². The van der Waals surface area contributed by atoms with Gasteiger partial charge in [-0.2, -0.15) is 0 Å². The normalized spacial score (nSPS) is 15.7. The van der Waals surface area contributed by atoms with Crippen molar-refractivity contribution >= 4 is 22.6 Å². The van der Waals surface area contributed by atoms with Crippen molar-refractivity contribution in [3.05, 3.63) is 83.4 Å². The largest absolute Gasteiger partial charge is 0.395 e. The predicted octanol–water partition coefficient (Wildman–Crippen LogP) is 2.69. The number of amides is 2. The molecule has 1 aliphatic rings. The van der Waals surface area contributed by atoms with Gasteiger partial charge >= 0.3 is 0 Å². The van der Waals surface area contributed by atoms with Gasteiger partial charge in [0.25, 0.3) is 5.91 Å². The van der Waals surface area contributed by atoms with Crippen molar-refractivity contribution < 1.29 is 14.7 Å². The molecule has 5 nitrogen and oxygen atoms in total. The van der Waals surface area contributed by atoms with Crippen LogP contribution in [0.15, 0.2) is 66.7 Å². The molecule has 0 aromatic heterocycles. The van der Waals surface area contributed by atoms with Gasteiger partial charge in [-0.1, -0.05) is 60.7 Å². The summed E-state index contributed by atoms with van der Waals surface area (Å²) < 4.78 is 0. The number of hydrogen-bond acceptors (Lipinski definition) is 3. The summed E-state index contributed by atoms with van der Waals surface area (Å²) in [5.41, 5.74) is 2.52. The van der Waals surface area contributed by atoms with Crippen LogP contribution >= 0.6 is 0 Å². The maximum absolute atomic E-state index is 13.1. The Balaban J connectivity index is 1.64. The van der Waals surface area contributed by atoms with Crippen LogP contribution in [-0.2, 0) is 11.2 Å². The predicted molar refractivity (Wildman–Crippen MR) is 108 cm³/mol. The first-order valence-electron chi connectivity index (χ1n) is 9.46. The van der Waals surface area contributed by atoms with Gasteiger partial charge in [-0.05, 0) is 29.0 Å². The van der Waals surface area contributed by atoms with E-state index in [-0.39, 0.29) is 25.0 Å². The Kier molecular flexibility index (Phi) is 5.08. The lowest BCUT2D eigenvalue weighted by Gasteiger charge is -2.35. The number of hydrogen-bond donors (Lipinski definition) is 2. The van der Waals surface area contributed by atoms with E-state index in [1.807, 2.05) is 60.7 Å². The SMILES string of the molecule is O=C(NCCc1ccccc1)C1c2cccc3cccc(c23)C(=O)N1CCO. The highest BCUT2D eigenvalue weighted by Crippen LogP contribution is 2.36. The van der Waals surface area contributed by atoms with Crippen molar-refractivity contribution in [2.45, 2.75) is 12.5 Å². The number of rotatable bonds is 6. The molecule has 4 rings (SSSR count). The molecule has 1 atom stereocenters. The number of aliphatic hydroxyl groups excluding tert-OH is 1. The van der Waals surface area contributed by atoms with Gasteiger partial charge in [-0.15, -0.1) is 0 Å². The van der Waals surface area contributed by atoms with Crippen molar-refractivity contribution in [1.82, 2.24) is 10.2 Å². The lowest BCUT2D eigenvalue weighted by Crippen LogP contribution is -2.47. The highest BCUT2D eigenvalue weighted by Gasteiger charge is 2.37. The van der Waals surface area contributed by atoms with Crippen LogP contribution in [-0.4, -0.2) is 41.5 Å². The molecule has 28 heavy (non-hydrogen) atoms. The number of aliphatic hydroxyl groups is 1. The van der Waals surface area contributed by atoms with E-state index in [1.165, 1.54) is 4.90 Å². The van der Waals surface area contributed by atoms with Crippen LogP contribution < -0.4 is 5.32 Å². The quantitative estimate of drug-likeness (QED) is 0.697. The summed E-state index contributed by atoms with van der Waals surface area (Å²) in [6.07, 6.45) is 0.716. The summed E-state index contributed by atoms with van der Waals surface area (Å²) >= 11 is 0. The van der Waals surface area contributed by atoms with Gasteiger partial charge in [0.1, 0.15) is 6.04 Å². The third-order valence-corrected chi connectivity index (χ3v) is 5.18. The van der Waals surface area contributed by atoms with E-state index in [4.69, 9.17) is 0 Å². The minimum Gasteiger partial charge on any atom is -0.395 e. The second kappa shape index (κ2) is 7.82. The molecule has 5 heteroatoms. The third kappa shape index (κ3) is 3.25. The fraction of sp³-hybridized carbons (Fsp3) is 0.217. The lowest BCUT2D eigenvalue weighted by molar-refractivity contribution is -0.126. The van der Waals surface area contributed by atoms with Crippen molar-refractivity contribution in [1.29, 1.82) is 0 Å². The molecule has 0 bridgehead atoms. The number of nitrogens with zero attached hydrogens (tertiary/aromatic N) is 1. The van der Waals surface area contributed by atoms with Crippen LogP contribution in [0, 0.1) is 0 Å². The summed E-state index contributed by atoms with van der Waals surface area (Å²) in [5.74, 6) is -0.443. The Morgan fingerprint density at radius 2 is 1.75 bits per heavy atom. The molecule has 3 aromatic carbocycles. The molecule has 0 fully saturated rings. The highest BCUT2D eigenvalue weighted by molar-refractivity contribution is 6.13. The van der Waals surface area contributed by atoms with E-state index < -0.39 is 6.04 Å². The average Bonchev–Trinajstić information content (AvgIpc) is 2.72. The molecule has 2 N–H and O–H groups in total. The van der Waals surface area contributed by atoms with Crippen molar-refractivity contribution in [2.24, 2.45) is 0 Å². The Hall–Kier alpha value is -3.18. The van der Waals surface area contributed by atoms with Gasteiger partial charge in [0, 0.05) is 24.0 Å². The smallest absolute Gasteiger partial charge is 0.255 e. The highest BCUT2D eigenvalue weighted by atomic mass is 16.3. The fourth-order valence-corrected chi connectivity index (χ4v) is 3.91. The van der Waals surface area contributed by atoms with Gasteiger partial charge in [-0.25, -0.2) is 0 Å². The van der Waals surface area contributed by atoms with E-state index in [0.717, 1.165) is 21.9 Å². The van der Waals surface area contributed by atoms with Gasteiger partial charge in [0.2, 0.25) is 5.91 Å².